The highest BCUT2D eigenvalue weighted by Gasteiger charge is 2.79. The molecule has 1 N–H and O–H groups in total. The van der Waals surface area contributed by atoms with Gasteiger partial charge in [0.05, 0.1) is 6.21 Å². The standard InChI is InChI=1S/C34H34F5NO3/c1-31-18-28(23-9-7-21(8-10-23)19-40-43-20-22-5-3-2-4-6-22)30-26-14-12-25(41)17-24(26)11-13-27(30)29(31)15-16-32(31,42)33(35,36)34(37,38)39/h2-10,17,19,27-29,42H,11-16,18,20H2,1H3/t27-,28+,29-,31-,32-/m0/s1. The number of carbonyl (C=O) groups excluding carboxylic acids is 1. The number of nitrogens with zero attached hydrogens (tertiary/aromatic N) is 1. The molecule has 0 unspecified atom stereocenters. The van der Waals surface area contributed by atoms with E-state index < -0.39 is 41.4 Å². The maximum Gasteiger partial charge on any atom is 0.456 e. The van der Waals surface area contributed by atoms with Gasteiger partial charge in [0.1, 0.15) is 12.2 Å². The minimum absolute atomic E-state index is 0.0492. The van der Waals surface area contributed by atoms with Crippen molar-refractivity contribution in [2.24, 2.45) is 22.4 Å². The van der Waals surface area contributed by atoms with Gasteiger partial charge in [-0.1, -0.05) is 72.2 Å². The molecule has 2 fully saturated rings. The van der Waals surface area contributed by atoms with E-state index in [1.54, 1.807) is 12.3 Å². The largest absolute Gasteiger partial charge is 0.456 e. The van der Waals surface area contributed by atoms with Gasteiger partial charge in [-0.3, -0.25) is 4.79 Å². The van der Waals surface area contributed by atoms with Crippen molar-refractivity contribution in [3.05, 3.63) is 94.1 Å². The smallest absolute Gasteiger partial charge is 0.391 e. The molecule has 6 rings (SSSR count). The van der Waals surface area contributed by atoms with Crippen molar-refractivity contribution in [1.82, 2.24) is 0 Å². The summed E-state index contributed by atoms with van der Waals surface area (Å²) in [5.41, 5.74) is 0.610. The predicted molar refractivity (Wildman–Crippen MR) is 151 cm³/mol. The number of oxime groups is 1. The summed E-state index contributed by atoms with van der Waals surface area (Å²) >= 11 is 0. The Morgan fingerprint density at radius 3 is 2.42 bits per heavy atom. The summed E-state index contributed by atoms with van der Waals surface area (Å²) in [5.74, 6) is -6.47. The Morgan fingerprint density at radius 1 is 1.00 bits per heavy atom. The summed E-state index contributed by atoms with van der Waals surface area (Å²) in [6.45, 7) is 1.74. The Morgan fingerprint density at radius 2 is 1.72 bits per heavy atom. The molecule has 0 saturated heterocycles. The number of hydrogen-bond acceptors (Lipinski definition) is 4. The molecular formula is C34H34F5NO3. The number of carbonyl (C=O) groups is 1. The van der Waals surface area contributed by atoms with Crippen LogP contribution in [0.25, 0.3) is 0 Å². The van der Waals surface area contributed by atoms with Gasteiger partial charge in [-0.05, 0) is 84.3 Å². The lowest BCUT2D eigenvalue weighted by molar-refractivity contribution is -0.362. The number of hydrogen-bond donors (Lipinski definition) is 1. The van der Waals surface area contributed by atoms with E-state index in [0.29, 0.717) is 32.3 Å². The van der Waals surface area contributed by atoms with Crippen LogP contribution in [0.15, 0.2) is 82.5 Å². The average molecular weight is 600 g/mol. The molecule has 2 saturated carbocycles. The number of alkyl halides is 5. The van der Waals surface area contributed by atoms with E-state index in [1.165, 1.54) is 6.92 Å². The van der Waals surface area contributed by atoms with Crippen molar-refractivity contribution >= 4 is 12.0 Å². The normalized spacial score (nSPS) is 31.0. The van der Waals surface area contributed by atoms with E-state index in [0.717, 1.165) is 33.4 Å². The molecule has 5 atom stereocenters. The Balaban J connectivity index is 1.35. The molecule has 0 aliphatic heterocycles. The fourth-order valence-corrected chi connectivity index (χ4v) is 8.31. The summed E-state index contributed by atoms with van der Waals surface area (Å²) in [7, 11) is 0. The van der Waals surface area contributed by atoms with E-state index in [1.807, 2.05) is 54.6 Å². The number of allylic oxidation sites excluding steroid dienone is 4. The molecule has 0 aromatic heterocycles. The first-order valence-electron chi connectivity index (χ1n) is 14.8. The van der Waals surface area contributed by atoms with E-state index in [9.17, 15) is 23.1 Å². The topological polar surface area (TPSA) is 58.9 Å². The number of halogens is 5. The van der Waals surface area contributed by atoms with Gasteiger partial charge in [0.15, 0.2) is 5.78 Å². The summed E-state index contributed by atoms with van der Waals surface area (Å²) in [6, 6.07) is 16.9. The zero-order valence-corrected chi connectivity index (χ0v) is 23.8. The van der Waals surface area contributed by atoms with Gasteiger partial charge >= 0.3 is 12.1 Å². The Labute approximate surface area is 247 Å². The van der Waals surface area contributed by atoms with Crippen LogP contribution in [-0.2, 0) is 16.2 Å². The molecule has 43 heavy (non-hydrogen) atoms. The van der Waals surface area contributed by atoms with Crippen molar-refractivity contribution in [3.8, 4) is 0 Å². The molecule has 2 aromatic carbocycles. The molecule has 9 heteroatoms. The molecule has 2 aromatic rings. The SMILES string of the molecule is C[C@]12C[C@H](c3ccc(C=NOCc4ccccc4)cc3)C3=C4CCC(=O)C=C4CC[C@H]3[C@@H]1CC[C@@]2(O)C(F)(F)C(F)(F)F. The zero-order valence-electron chi connectivity index (χ0n) is 23.8. The first-order chi connectivity index (χ1) is 20.4. The molecular weight excluding hydrogens is 565 g/mol. The molecule has 4 aliphatic carbocycles. The number of benzene rings is 2. The Hall–Kier alpha value is -3.33. The van der Waals surface area contributed by atoms with Gasteiger partial charge in [0, 0.05) is 17.8 Å². The minimum atomic E-state index is -5.87. The van der Waals surface area contributed by atoms with Gasteiger partial charge in [-0.25, -0.2) is 0 Å². The predicted octanol–water partition coefficient (Wildman–Crippen LogP) is 8.07. The number of fused-ring (bicyclic) bond motifs is 4. The lowest BCUT2D eigenvalue weighted by Crippen LogP contribution is -2.65. The van der Waals surface area contributed by atoms with Crippen LogP contribution < -0.4 is 0 Å². The van der Waals surface area contributed by atoms with Crippen LogP contribution >= 0.6 is 0 Å². The van der Waals surface area contributed by atoms with Gasteiger partial charge < -0.3 is 9.94 Å². The summed E-state index contributed by atoms with van der Waals surface area (Å²) in [6.07, 6.45) is -1.23. The molecule has 0 radical (unpaired) electrons. The van der Waals surface area contributed by atoms with Crippen LogP contribution in [0.4, 0.5) is 22.0 Å². The third-order valence-electron chi connectivity index (χ3n) is 10.5. The van der Waals surface area contributed by atoms with E-state index in [2.05, 4.69) is 5.16 Å². The third-order valence-corrected chi connectivity index (χ3v) is 10.5. The first kappa shape index (κ1) is 29.7. The summed E-state index contributed by atoms with van der Waals surface area (Å²) in [4.78, 5) is 17.6. The summed E-state index contributed by atoms with van der Waals surface area (Å²) < 4.78 is 71.6. The second kappa shape index (κ2) is 10.7. The van der Waals surface area contributed by atoms with Crippen LogP contribution in [0.5, 0.6) is 0 Å². The highest BCUT2D eigenvalue weighted by atomic mass is 19.4. The first-order valence-corrected chi connectivity index (χ1v) is 14.8. The zero-order chi connectivity index (χ0) is 30.6. The van der Waals surface area contributed by atoms with Crippen LogP contribution in [-0.4, -0.2) is 34.8 Å². The fraction of sp³-hybridized carbons (Fsp3) is 0.471. The van der Waals surface area contributed by atoms with Crippen molar-refractivity contribution in [3.63, 3.8) is 0 Å². The molecule has 0 amide bonds. The molecule has 4 aliphatic rings. The van der Waals surface area contributed by atoms with Crippen molar-refractivity contribution in [1.29, 1.82) is 0 Å². The van der Waals surface area contributed by atoms with Crippen molar-refractivity contribution in [2.45, 2.75) is 82.1 Å². The van der Waals surface area contributed by atoms with Gasteiger partial charge in [0.25, 0.3) is 0 Å². The fourth-order valence-electron chi connectivity index (χ4n) is 8.31. The van der Waals surface area contributed by atoms with Crippen molar-refractivity contribution in [2.75, 3.05) is 0 Å². The highest BCUT2D eigenvalue weighted by Crippen LogP contribution is 2.70. The maximum atomic E-state index is 15.2. The molecule has 0 bridgehead atoms. The van der Waals surface area contributed by atoms with Crippen LogP contribution in [0, 0.1) is 17.3 Å². The molecule has 0 spiro atoms. The van der Waals surface area contributed by atoms with Crippen LogP contribution in [0.3, 0.4) is 0 Å². The minimum Gasteiger partial charge on any atom is -0.391 e. The van der Waals surface area contributed by atoms with E-state index >= 15 is 8.78 Å². The van der Waals surface area contributed by atoms with Crippen LogP contribution in [0.2, 0.25) is 0 Å². The highest BCUT2D eigenvalue weighted by molar-refractivity contribution is 5.93. The lowest BCUT2D eigenvalue weighted by Gasteiger charge is -2.56. The molecule has 4 nitrogen and oxygen atoms in total. The van der Waals surface area contributed by atoms with Gasteiger partial charge in [-0.15, -0.1) is 0 Å². The average Bonchev–Trinajstić information content (AvgIpc) is 3.26. The van der Waals surface area contributed by atoms with Gasteiger partial charge in [-0.2, -0.15) is 22.0 Å². The Kier molecular flexibility index (Phi) is 7.39. The molecule has 228 valence electrons. The lowest BCUT2D eigenvalue weighted by atomic mass is 9.50. The second-order valence-electron chi connectivity index (χ2n) is 12.6. The number of ketones is 1. The van der Waals surface area contributed by atoms with E-state index in [-0.39, 0.29) is 24.5 Å². The number of rotatable bonds is 6. The number of aliphatic hydroxyl groups is 1. The second-order valence-corrected chi connectivity index (χ2v) is 12.6. The third kappa shape index (κ3) is 4.84. The van der Waals surface area contributed by atoms with Gasteiger partial charge in [0.2, 0.25) is 0 Å². The monoisotopic (exact) mass is 599 g/mol. The maximum absolute atomic E-state index is 15.2. The molecule has 0 heterocycles. The quantitative estimate of drug-likeness (QED) is 0.208. The van der Waals surface area contributed by atoms with Crippen LogP contribution in [0.1, 0.15) is 74.5 Å². The van der Waals surface area contributed by atoms with E-state index in [4.69, 9.17) is 4.84 Å². The summed E-state index contributed by atoms with van der Waals surface area (Å²) in [5, 5.41) is 15.4. The van der Waals surface area contributed by atoms with Crippen molar-refractivity contribution < 1.29 is 36.7 Å². The Bertz CT molecular complexity index is 1480.